The zero-order valence-electron chi connectivity index (χ0n) is 11.4. The molecule has 2 N–H and O–H groups in total. The van der Waals surface area contributed by atoms with Crippen LogP contribution in [0.4, 0.5) is 0 Å². The van der Waals surface area contributed by atoms with Gasteiger partial charge in [0.2, 0.25) is 10.0 Å². The molecule has 0 unspecified atom stereocenters. The number of ether oxygens (including phenoxy) is 1. The molecule has 2 atom stereocenters. The number of carbonyl (C=O) groups is 1. The monoisotopic (exact) mass is 302 g/mol. The molecule has 1 aromatic rings. The van der Waals surface area contributed by atoms with Crippen LogP contribution >= 0.6 is 0 Å². The molecular weight excluding hydrogens is 284 g/mol. The molecule has 1 aliphatic rings. The van der Waals surface area contributed by atoms with Crippen LogP contribution in [0, 0.1) is 5.92 Å². The van der Waals surface area contributed by atoms with Crippen molar-refractivity contribution < 1.29 is 17.9 Å². The summed E-state index contributed by atoms with van der Waals surface area (Å²) in [4.78, 5) is 11.9. The summed E-state index contributed by atoms with van der Waals surface area (Å²) >= 11 is 0. The molecule has 0 spiro atoms. The van der Waals surface area contributed by atoms with Crippen molar-refractivity contribution >= 4 is 15.9 Å². The number of hydrogen-bond acceptors (Lipinski definition) is 5. The van der Waals surface area contributed by atoms with Crippen molar-refractivity contribution in [3.63, 3.8) is 0 Å². The number of sulfonamides is 1. The summed E-state index contributed by atoms with van der Waals surface area (Å²) in [7, 11) is -0.340. The quantitative estimate of drug-likeness (QED) is 0.729. The first-order valence-electron chi connectivity index (χ1n) is 6.18. The van der Waals surface area contributed by atoms with Gasteiger partial charge in [-0.1, -0.05) is 0 Å². The van der Waals surface area contributed by atoms with E-state index in [1.807, 2.05) is 0 Å². The van der Waals surface area contributed by atoms with Gasteiger partial charge in [0.05, 0.1) is 36.8 Å². The Labute approximate surface area is 117 Å². The van der Waals surface area contributed by atoms with Crippen molar-refractivity contribution in [1.29, 1.82) is 0 Å². The van der Waals surface area contributed by atoms with Crippen molar-refractivity contribution in [3.8, 4) is 0 Å². The first-order chi connectivity index (χ1) is 9.40. The molecule has 8 nitrogen and oxygen atoms in total. The predicted molar refractivity (Wildman–Crippen MR) is 71.6 cm³/mol. The Morgan fingerprint density at radius 1 is 1.55 bits per heavy atom. The summed E-state index contributed by atoms with van der Waals surface area (Å²) in [6.45, 7) is 0.639. The van der Waals surface area contributed by atoms with Gasteiger partial charge in [0, 0.05) is 26.2 Å². The molecule has 9 heteroatoms. The van der Waals surface area contributed by atoms with Crippen LogP contribution in [0.2, 0.25) is 0 Å². The molecule has 2 heterocycles. The number of aromatic nitrogens is 2. The average Bonchev–Trinajstić information content (AvgIpc) is 3.00. The fourth-order valence-corrected chi connectivity index (χ4v) is 3.14. The molecule has 1 aliphatic heterocycles. The molecule has 112 valence electrons. The molecule has 0 aromatic carbocycles. The molecule has 1 aromatic heterocycles. The van der Waals surface area contributed by atoms with E-state index in [2.05, 4.69) is 15.5 Å². The lowest BCUT2D eigenvalue weighted by atomic mass is 10.1. The Hall–Kier alpha value is -1.45. The van der Waals surface area contributed by atoms with Crippen LogP contribution in [-0.2, 0) is 14.8 Å². The fraction of sp³-hybridized carbons (Fsp3) is 0.636. The molecule has 1 saturated heterocycles. The van der Waals surface area contributed by atoms with Crippen molar-refractivity contribution in [2.24, 2.45) is 5.92 Å². The van der Waals surface area contributed by atoms with Crippen LogP contribution in [0.15, 0.2) is 12.4 Å². The van der Waals surface area contributed by atoms with Gasteiger partial charge in [-0.25, -0.2) is 12.7 Å². The Bertz CT molecular complexity index is 555. The molecule has 2 rings (SSSR count). The van der Waals surface area contributed by atoms with Gasteiger partial charge in [-0.3, -0.25) is 9.89 Å². The van der Waals surface area contributed by atoms with Crippen molar-refractivity contribution in [2.75, 3.05) is 33.1 Å². The van der Waals surface area contributed by atoms with Gasteiger partial charge in [0.1, 0.15) is 0 Å². The highest BCUT2D eigenvalue weighted by Crippen LogP contribution is 2.17. The first-order valence-corrected chi connectivity index (χ1v) is 7.78. The fourth-order valence-electron chi connectivity index (χ4n) is 1.97. The number of H-pyrrole nitrogens is 1. The third-order valence-corrected chi connectivity index (χ3v) is 5.22. The van der Waals surface area contributed by atoms with E-state index in [9.17, 15) is 13.2 Å². The molecule has 0 bridgehead atoms. The van der Waals surface area contributed by atoms with E-state index in [1.165, 1.54) is 30.8 Å². The average molecular weight is 302 g/mol. The minimum Gasteiger partial charge on any atom is -0.379 e. The number of nitrogens with one attached hydrogen (secondary N) is 2. The second-order valence-electron chi connectivity index (χ2n) is 4.93. The Balaban J connectivity index is 1.99. The summed E-state index contributed by atoms with van der Waals surface area (Å²) in [5.41, 5.74) is 0.408. The minimum atomic E-state index is -3.32. The van der Waals surface area contributed by atoms with Crippen LogP contribution in [0.3, 0.4) is 0 Å². The van der Waals surface area contributed by atoms with Crippen LogP contribution in [0.25, 0.3) is 0 Å². The van der Waals surface area contributed by atoms with E-state index in [0.717, 1.165) is 0 Å². The van der Waals surface area contributed by atoms with E-state index in [-0.39, 0.29) is 23.6 Å². The summed E-state index contributed by atoms with van der Waals surface area (Å²) < 4.78 is 30.3. The lowest BCUT2D eigenvalue weighted by molar-refractivity contribution is 0.0926. The first kappa shape index (κ1) is 14.9. The molecule has 0 aliphatic carbocycles. The van der Waals surface area contributed by atoms with Crippen molar-refractivity contribution in [2.45, 2.75) is 6.04 Å². The smallest absolute Gasteiger partial charge is 0.254 e. The third kappa shape index (κ3) is 3.35. The maximum absolute atomic E-state index is 11.9. The second kappa shape index (κ2) is 5.90. The summed E-state index contributed by atoms with van der Waals surface area (Å²) in [6.07, 6.45) is 2.90. The van der Waals surface area contributed by atoms with Crippen LogP contribution < -0.4 is 5.32 Å². The van der Waals surface area contributed by atoms with E-state index in [4.69, 9.17) is 4.74 Å². The zero-order chi connectivity index (χ0) is 14.8. The molecule has 1 fully saturated rings. The molecular formula is C11H18N4O4S. The standard InChI is InChI=1S/C11H18N4O4S/c1-15(2)20(17,18)7-9-5-19-6-10(9)14-11(16)8-3-12-13-4-8/h3-4,9-10H,5-7H2,1-2H3,(H,12,13)(H,14,16)/t9-,10-/m0/s1. The van der Waals surface area contributed by atoms with E-state index >= 15 is 0 Å². The number of nitrogens with zero attached hydrogens (tertiary/aromatic N) is 2. The normalized spacial score (nSPS) is 23.1. The maximum atomic E-state index is 11.9. The van der Waals surface area contributed by atoms with Gasteiger partial charge in [-0.2, -0.15) is 5.10 Å². The lowest BCUT2D eigenvalue weighted by Gasteiger charge is -2.20. The number of rotatable bonds is 5. The molecule has 20 heavy (non-hydrogen) atoms. The van der Waals surface area contributed by atoms with Crippen LogP contribution in [0.5, 0.6) is 0 Å². The maximum Gasteiger partial charge on any atom is 0.254 e. The number of hydrogen-bond donors (Lipinski definition) is 2. The van der Waals surface area contributed by atoms with Gasteiger partial charge in [0.25, 0.3) is 5.91 Å². The highest BCUT2D eigenvalue weighted by atomic mass is 32.2. The van der Waals surface area contributed by atoms with Gasteiger partial charge in [-0.05, 0) is 0 Å². The SMILES string of the molecule is CN(C)S(=O)(=O)C[C@@H]1COC[C@@H]1NC(=O)c1cn[nH]c1. The number of carbonyl (C=O) groups excluding carboxylic acids is 1. The lowest BCUT2D eigenvalue weighted by Crippen LogP contribution is -2.43. The van der Waals surface area contributed by atoms with Crippen molar-refractivity contribution in [1.82, 2.24) is 19.8 Å². The van der Waals surface area contributed by atoms with Gasteiger partial charge < -0.3 is 10.1 Å². The summed E-state index contributed by atoms with van der Waals surface area (Å²) in [5.74, 6) is -0.587. The third-order valence-electron chi connectivity index (χ3n) is 3.26. The second-order valence-corrected chi connectivity index (χ2v) is 7.15. The topological polar surface area (TPSA) is 104 Å². The molecule has 0 radical (unpaired) electrons. The Kier molecular flexibility index (Phi) is 4.41. The summed E-state index contributed by atoms with van der Waals surface area (Å²) in [5, 5.41) is 9.04. The Morgan fingerprint density at radius 3 is 2.90 bits per heavy atom. The van der Waals surface area contributed by atoms with Gasteiger partial charge in [-0.15, -0.1) is 0 Å². The van der Waals surface area contributed by atoms with Gasteiger partial charge in [0.15, 0.2) is 0 Å². The van der Waals surface area contributed by atoms with Crippen LogP contribution in [-0.4, -0.2) is 67.9 Å². The highest BCUT2D eigenvalue weighted by molar-refractivity contribution is 7.89. The number of amides is 1. The van der Waals surface area contributed by atoms with Crippen molar-refractivity contribution in [3.05, 3.63) is 18.0 Å². The minimum absolute atomic E-state index is 0.0453. The number of aromatic amines is 1. The highest BCUT2D eigenvalue weighted by Gasteiger charge is 2.34. The van der Waals surface area contributed by atoms with E-state index in [0.29, 0.717) is 18.8 Å². The Morgan fingerprint density at radius 2 is 2.30 bits per heavy atom. The zero-order valence-corrected chi connectivity index (χ0v) is 12.2. The molecule has 1 amide bonds. The van der Waals surface area contributed by atoms with E-state index in [1.54, 1.807) is 0 Å². The van der Waals surface area contributed by atoms with Gasteiger partial charge >= 0.3 is 0 Å². The largest absolute Gasteiger partial charge is 0.379 e. The van der Waals surface area contributed by atoms with E-state index < -0.39 is 10.0 Å². The van der Waals surface area contributed by atoms with Crippen LogP contribution in [0.1, 0.15) is 10.4 Å². The summed E-state index contributed by atoms with van der Waals surface area (Å²) in [6, 6.07) is -0.313. The predicted octanol–water partition coefficient (Wildman–Crippen LogP) is -0.954. The molecule has 0 saturated carbocycles.